The fourth-order valence-electron chi connectivity index (χ4n) is 3.05. The van der Waals surface area contributed by atoms with Crippen molar-refractivity contribution in [2.24, 2.45) is 0 Å². The van der Waals surface area contributed by atoms with Crippen molar-refractivity contribution in [2.75, 3.05) is 6.54 Å². The Morgan fingerprint density at radius 1 is 1.06 bits per heavy atom. The molecule has 1 aliphatic heterocycles. The van der Waals surface area contributed by atoms with Crippen LogP contribution in [0.4, 0.5) is 0 Å². The third-order valence-electron chi connectivity index (χ3n) is 4.08. The highest BCUT2D eigenvalue weighted by molar-refractivity contribution is 5.99. The second kappa shape index (κ2) is 3.69. The molecule has 0 aromatic heterocycles. The van der Waals surface area contributed by atoms with Gasteiger partial charge in [0, 0.05) is 30.4 Å². The number of benzene rings is 1. The molecule has 1 atom stereocenters. The average Bonchev–Trinajstić information content (AvgIpc) is 2.38. The first-order chi connectivity index (χ1) is 8.21. The second-order valence-corrected chi connectivity index (χ2v) is 5.03. The SMILES string of the molecule is O=C1CC[C@]2(CCC(=O)c3ccccc32)CN1. The van der Waals surface area contributed by atoms with Crippen molar-refractivity contribution >= 4 is 11.7 Å². The van der Waals surface area contributed by atoms with Crippen LogP contribution in [-0.4, -0.2) is 18.2 Å². The van der Waals surface area contributed by atoms with Gasteiger partial charge < -0.3 is 5.32 Å². The Labute approximate surface area is 100 Å². The number of nitrogens with one attached hydrogen (secondary N) is 1. The molecule has 2 aliphatic rings. The normalized spacial score (nSPS) is 27.8. The standard InChI is InChI=1S/C14H15NO2/c16-12-5-7-14(8-6-13(17)15-9-14)11-4-2-1-3-10(11)12/h1-4H,5-9H2,(H,15,17)/t14-/m1/s1. The Morgan fingerprint density at radius 3 is 2.59 bits per heavy atom. The third kappa shape index (κ3) is 1.57. The minimum Gasteiger partial charge on any atom is -0.355 e. The zero-order valence-electron chi connectivity index (χ0n) is 9.66. The summed E-state index contributed by atoms with van der Waals surface area (Å²) in [6, 6.07) is 7.85. The van der Waals surface area contributed by atoms with Gasteiger partial charge in [-0.2, -0.15) is 0 Å². The minimum absolute atomic E-state index is 0.00157. The number of Topliss-reactive ketones (excluding diaryl/α,β-unsaturated/α-hetero) is 1. The van der Waals surface area contributed by atoms with E-state index in [0.717, 1.165) is 24.0 Å². The summed E-state index contributed by atoms with van der Waals surface area (Å²) in [5, 5.41) is 2.95. The maximum Gasteiger partial charge on any atom is 0.220 e. The predicted molar refractivity (Wildman–Crippen MR) is 63.9 cm³/mol. The second-order valence-electron chi connectivity index (χ2n) is 5.03. The van der Waals surface area contributed by atoms with Gasteiger partial charge in [-0.1, -0.05) is 24.3 Å². The summed E-state index contributed by atoms with van der Waals surface area (Å²) in [6.07, 6.45) is 2.90. The predicted octanol–water partition coefficient (Wildman–Crippen LogP) is 1.81. The molecule has 0 radical (unpaired) electrons. The van der Waals surface area contributed by atoms with Gasteiger partial charge in [0.15, 0.2) is 5.78 Å². The first-order valence-corrected chi connectivity index (χ1v) is 6.11. The molecule has 17 heavy (non-hydrogen) atoms. The number of amides is 1. The Bertz CT molecular complexity index is 483. The lowest BCUT2D eigenvalue weighted by molar-refractivity contribution is -0.123. The molecule has 3 heteroatoms. The van der Waals surface area contributed by atoms with E-state index in [4.69, 9.17) is 0 Å². The van der Waals surface area contributed by atoms with E-state index >= 15 is 0 Å². The molecule has 1 aliphatic carbocycles. The molecule has 1 spiro atoms. The van der Waals surface area contributed by atoms with Crippen LogP contribution in [0.15, 0.2) is 24.3 Å². The number of ketones is 1. The lowest BCUT2D eigenvalue weighted by atomic mass is 9.66. The van der Waals surface area contributed by atoms with Gasteiger partial charge in [0.2, 0.25) is 5.91 Å². The molecule has 88 valence electrons. The topological polar surface area (TPSA) is 46.2 Å². The summed E-state index contributed by atoms with van der Waals surface area (Å²) in [5.74, 6) is 0.369. The highest BCUT2D eigenvalue weighted by atomic mass is 16.1. The summed E-state index contributed by atoms with van der Waals surface area (Å²) >= 11 is 0. The molecule has 1 fully saturated rings. The van der Waals surface area contributed by atoms with E-state index in [9.17, 15) is 9.59 Å². The van der Waals surface area contributed by atoms with Crippen LogP contribution in [0.3, 0.4) is 0 Å². The van der Waals surface area contributed by atoms with Crippen molar-refractivity contribution in [3.63, 3.8) is 0 Å². The van der Waals surface area contributed by atoms with E-state index in [0.29, 0.717) is 19.4 Å². The molecule has 1 aromatic carbocycles. The highest BCUT2D eigenvalue weighted by Gasteiger charge is 2.41. The van der Waals surface area contributed by atoms with Gasteiger partial charge >= 0.3 is 0 Å². The van der Waals surface area contributed by atoms with Crippen LogP contribution in [0.2, 0.25) is 0 Å². The van der Waals surface area contributed by atoms with Crippen molar-refractivity contribution in [1.82, 2.24) is 5.32 Å². The van der Waals surface area contributed by atoms with Crippen LogP contribution >= 0.6 is 0 Å². The van der Waals surface area contributed by atoms with Gasteiger partial charge in [0.1, 0.15) is 0 Å². The largest absolute Gasteiger partial charge is 0.355 e. The van der Waals surface area contributed by atoms with E-state index in [-0.39, 0.29) is 17.1 Å². The quantitative estimate of drug-likeness (QED) is 0.737. The van der Waals surface area contributed by atoms with Crippen molar-refractivity contribution in [3.8, 4) is 0 Å². The summed E-state index contributed by atoms with van der Waals surface area (Å²) in [7, 11) is 0. The number of hydrogen-bond donors (Lipinski definition) is 1. The molecule has 0 bridgehead atoms. The van der Waals surface area contributed by atoms with E-state index in [1.807, 2.05) is 24.3 Å². The van der Waals surface area contributed by atoms with Crippen LogP contribution in [-0.2, 0) is 10.2 Å². The van der Waals surface area contributed by atoms with E-state index in [1.54, 1.807) is 0 Å². The van der Waals surface area contributed by atoms with E-state index < -0.39 is 0 Å². The van der Waals surface area contributed by atoms with Crippen molar-refractivity contribution in [3.05, 3.63) is 35.4 Å². The molecule has 1 amide bonds. The number of carbonyl (C=O) groups excluding carboxylic acids is 2. The molecule has 0 saturated carbocycles. The molecule has 3 nitrogen and oxygen atoms in total. The van der Waals surface area contributed by atoms with Crippen molar-refractivity contribution in [1.29, 1.82) is 0 Å². The van der Waals surface area contributed by atoms with Crippen molar-refractivity contribution in [2.45, 2.75) is 31.1 Å². The maximum atomic E-state index is 11.9. The molecule has 1 N–H and O–H groups in total. The van der Waals surface area contributed by atoms with Crippen LogP contribution in [0.25, 0.3) is 0 Å². The summed E-state index contributed by atoms with van der Waals surface area (Å²) < 4.78 is 0. The van der Waals surface area contributed by atoms with Gasteiger partial charge in [0.25, 0.3) is 0 Å². The molecule has 3 rings (SSSR count). The van der Waals surface area contributed by atoms with E-state index in [1.165, 1.54) is 0 Å². The van der Waals surface area contributed by atoms with Crippen LogP contribution in [0.5, 0.6) is 0 Å². The van der Waals surface area contributed by atoms with Crippen molar-refractivity contribution < 1.29 is 9.59 Å². The number of hydrogen-bond acceptors (Lipinski definition) is 2. The average molecular weight is 229 g/mol. The smallest absolute Gasteiger partial charge is 0.220 e. The summed E-state index contributed by atoms with van der Waals surface area (Å²) in [5.41, 5.74) is 1.99. The van der Waals surface area contributed by atoms with Crippen LogP contribution in [0, 0.1) is 0 Å². The number of piperidine rings is 1. The fraction of sp³-hybridized carbons (Fsp3) is 0.429. The number of carbonyl (C=O) groups is 2. The lowest BCUT2D eigenvalue weighted by Crippen LogP contribution is -2.48. The fourth-order valence-corrected chi connectivity index (χ4v) is 3.05. The van der Waals surface area contributed by atoms with Crippen LogP contribution in [0.1, 0.15) is 41.6 Å². The molecular weight excluding hydrogens is 214 g/mol. The summed E-state index contributed by atoms with van der Waals surface area (Å²) in [4.78, 5) is 23.2. The Balaban J connectivity index is 2.06. The molecule has 1 aromatic rings. The molecule has 1 saturated heterocycles. The van der Waals surface area contributed by atoms with Gasteiger partial charge in [-0.15, -0.1) is 0 Å². The van der Waals surface area contributed by atoms with Gasteiger partial charge in [-0.25, -0.2) is 0 Å². The van der Waals surface area contributed by atoms with Gasteiger partial charge in [-0.05, 0) is 18.4 Å². The zero-order valence-corrected chi connectivity index (χ0v) is 9.66. The number of fused-ring (bicyclic) bond motifs is 2. The van der Waals surface area contributed by atoms with E-state index in [2.05, 4.69) is 5.32 Å². The summed E-state index contributed by atoms with van der Waals surface area (Å²) in [6.45, 7) is 0.677. The third-order valence-corrected chi connectivity index (χ3v) is 4.08. The molecular formula is C14H15NO2. The number of rotatable bonds is 0. The van der Waals surface area contributed by atoms with Crippen LogP contribution < -0.4 is 5.32 Å². The Morgan fingerprint density at radius 2 is 1.82 bits per heavy atom. The first kappa shape index (κ1) is 10.5. The minimum atomic E-state index is -0.00157. The maximum absolute atomic E-state index is 11.9. The Kier molecular flexibility index (Phi) is 2.28. The Hall–Kier alpha value is -1.64. The van der Waals surface area contributed by atoms with Gasteiger partial charge in [0.05, 0.1) is 0 Å². The highest BCUT2D eigenvalue weighted by Crippen LogP contribution is 2.41. The zero-order chi connectivity index (χ0) is 11.9. The monoisotopic (exact) mass is 229 g/mol. The van der Waals surface area contributed by atoms with Gasteiger partial charge in [-0.3, -0.25) is 9.59 Å². The molecule has 0 unspecified atom stereocenters. The molecule has 1 heterocycles. The first-order valence-electron chi connectivity index (χ1n) is 6.11. The lowest BCUT2D eigenvalue weighted by Gasteiger charge is -2.41.